The third-order valence-electron chi connectivity index (χ3n) is 3.32. The van der Waals surface area contributed by atoms with Gasteiger partial charge in [-0.15, -0.1) is 0 Å². The highest BCUT2D eigenvalue weighted by molar-refractivity contribution is 7.92. The standard InChI is InChI=1S/C16H18FNO4S/c1-12-6-8-14(9-7-12)23(21,22)18(10-13(20)11-19)16-5-3-2-4-15(16)17/h2-9,13,19-20H,10-11H2,1H3. The van der Waals surface area contributed by atoms with E-state index in [1.807, 2.05) is 6.92 Å². The maximum Gasteiger partial charge on any atom is 0.264 e. The van der Waals surface area contributed by atoms with Gasteiger partial charge >= 0.3 is 0 Å². The van der Waals surface area contributed by atoms with Crippen molar-refractivity contribution in [2.24, 2.45) is 0 Å². The van der Waals surface area contributed by atoms with Gasteiger partial charge in [0, 0.05) is 0 Å². The third-order valence-corrected chi connectivity index (χ3v) is 5.11. The maximum atomic E-state index is 14.1. The van der Waals surface area contributed by atoms with Crippen LogP contribution < -0.4 is 4.31 Å². The lowest BCUT2D eigenvalue weighted by Crippen LogP contribution is -2.39. The molecule has 2 aromatic carbocycles. The van der Waals surface area contributed by atoms with Gasteiger partial charge in [0.2, 0.25) is 0 Å². The van der Waals surface area contributed by atoms with E-state index in [4.69, 9.17) is 5.11 Å². The third kappa shape index (κ3) is 3.87. The van der Waals surface area contributed by atoms with Gasteiger partial charge in [-0.3, -0.25) is 4.31 Å². The summed E-state index contributed by atoms with van der Waals surface area (Å²) in [7, 11) is -4.08. The van der Waals surface area contributed by atoms with Gasteiger partial charge in [-0.25, -0.2) is 12.8 Å². The van der Waals surface area contributed by atoms with E-state index < -0.39 is 35.1 Å². The van der Waals surface area contributed by atoms with Crippen LogP contribution in [-0.4, -0.2) is 37.9 Å². The first kappa shape index (κ1) is 17.4. The minimum Gasteiger partial charge on any atom is -0.394 e. The molecule has 0 radical (unpaired) electrons. The predicted molar refractivity (Wildman–Crippen MR) is 85.2 cm³/mol. The molecule has 2 aromatic rings. The number of rotatable bonds is 6. The Morgan fingerprint density at radius 3 is 2.30 bits per heavy atom. The first-order valence-electron chi connectivity index (χ1n) is 6.99. The van der Waals surface area contributed by atoms with Gasteiger partial charge in [0.1, 0.15) is 5.82 Å². The molecule has 124 valence electrons. The topological polar surface area (TPSA) is 77.8 Å². The molecule has 23 heavy (non-hydrogen) atoms. The molecule has 0 aliphatic rings. The van der Waals surface area contributed by atoms with Crippen molar-refractivity contribution in [3.05, 3.63) is 59.9 Å². The van der Waals surface area contributed by atoms with Gasteiger partial charge in [-0.05, 0) is 31.2 Å². The minimum atomic E-state index is -4.08. The fraction of sp³-hybridized carbons (Fsp3) is 0.250. The molecule has 0 saturated carbocycles. The monoisotopic (exact) mass is 339 g/mol. The van der Waals surface area contributed by atoms with Crippen LogP contribution in [0, 0.1) is 12.7 Å². The summed E-state index contributed by atoms with van der Waals surface area (Å²) < 4.78 is 40.5. The predicted octanol–water partition coefficient (Wildman–Crippen LogP) is 1.68. The van der Waals surface area contributed by atoms with Crippen LogP contribution in [0.25, 0.3) is 0 Å². The van der Waals surface area contributed by atoms with E-state index in [0.717, 1.165) is 15.9 Å². The van der Waals surface area contributed by atoms with E-state index in [0.29, 0.717) is 0 Å². The van der Waals surface area contributed by atoms with E-state index in [1.54, 1.807) is 12.1 Å². The van der Waals surface area contributed by atoms with Crippen molar-refractivity contribution in [1.29, 1.82) is 0 Å². The molecular formula is C16H18FNO4S. The lowest BCUT2D eigenvalue weighted by Gasteiger charge is -2.26. The van der Waals surface area contributed by atoms with Gasteiger partial charge in [-0.2, -0.15) is 0 Å². The second-order valence-corrected chi connectivity index (χ2v) is 7.00. The van der Waals surface area contributed by atoms with Gasteiger partial charge in [-0.1, -0.05) is 29.8 Å². The summed E-state index contributed by atoms with van der Waals surface area (Å²) in [6.07, 6.45) is -1.32. The molecule has 0 amide bonds. The molecule has 0 saturated heterocycles. The summed E-state index contributed by atoms with van der Waals surface area (Å²) in [5.41, 5.74) is 0.706. The summed E-state index contributed by atoms with van der Waals surface area (Å²) in [5, 5.41) is 18.7. The van der Waals surface area contributed by atoms with Gasteiger partial charge in [0.25, 0.3) is 10.0 Å². The molecular weight excluding hydrogens is 321 g/mol. The highest BCUT2D eigenvalue weighted by Crippen LogP contribution is 2.26. The first-order valence-corrected chi connectivity index (χ1v) is 8.43. The zero-order valence-corrected chi connectivity index (χ0v) is 13.4. The Labute approximate surface area is 134 Å². The summed E-state index contributed by atoms with van der Waals surface area (Å²) in [6.45, 7) is 0.739. The Hall–Kier alpha value is -1.96. The van der Waals surface area contributed by atoms with Crippen molar-refractivity contribution < 1.29 is 23.0 Å². The molecule has 0 aliphatic carbocycles. The molecule has 1 atom stereocenters. The van der Waals surface area contributed by atoms with Crippen molar-refractivity contribution in [1.82, 2.24) is 0 Å². The number of aliphatic hydroxyl groups excluding tert-OH is 2. The molecule has 0 aromatic heterocycles. The molecule has 0 spiro atoms. The smallest absolute Gasteiger partial charge is 0.264 e. The van der Waals surface area contributed by atoms with Crippen molar-refractivity contribution in [2.45, 2.75) is 17.9 Å². The summed E-state index contributed by atoms with van der Waals surface area (Å²) >= 11 is 0. The molecule has 1 unspecified atom stereocenters. The van der Waals surface area contributed by atoms with Crippen molar-refractivity contribution in [3.8, 4) is 0 Å². The van der Waals surface area contributed by atoms with Crippen LogP contribution in [0.15, 0.2) is 53.4 Å². The molecule has 0 aliphatic heterocycles. The van der Waals surface area contributed by atoms with Gasteiger partial charge in [0.15, 0.2) is 0 Å². The Balaban J connectivity index is 2.52. The number of hydrogen-bond donors (Lipinski definition) is 2. The average Bonchev–Trinajstić information content (AvgIpc) is 2.53. The highest BCUT2D eigenvalue weighted by Gasteiger charge is 2.28. The average molecular weight is 339 g/mol. The van der Waals surface area contributed by atoms with Crippen LogP contribution >= 0.6 is 0 Å². The molecule has 2 rings (SSSR count). The van der Waals surface area contributed by atoms with Crippen LogP contribution in [0.2, 0.25) is 0 Å². The molecule has 5 nitrogen and oxygen atoms in total. The largest absolute Gasteiger partial charge is 0.394 e. The first-order chi connectivity index (χ1) is 10.9. The number of halogens is 1. The number of anilines is 1. The van der Waals surface area contributed by atoms with Gasteiger partial charge < -0.3 is 10.2 Å². The Morgan fingerprint density at radius 1 is 1.13 bits per heavy atom. The number of aryl methyl sites for hydroxylation is 1. The van der Waals surface area contributed by atoms with E-state index in [9.17, 15) is 17.9 Å². The Morgan fingerprint density at radius 2 is 1.74 bits per heavy atom. The maximum absolute atomic E-state index is 14.1. The fourth-order valence-electron chi connectivity index (χ4n) is 2.07. The number of aliphatic hydroxyl groups is 2. The summed E-state index contributed by atoms with van der Waals surface area (Å²) in [4.78, 5) is -0.0171. The lowest BCUT2D eigenvalue weighted by atomic mass is 10.2. The van der Waals surface area contributed by atoms with Crippen molar-refractivity contribution in [2.75, 3.05) is 17.5 Å². The fourth-order valence-corrected chi connectivity index (χ4v) is 3.58. The number of sulfonamides is 1. The van der Waals surface area contributed by atoms with E-state index in [2.05, 4.69) is 0 Å². The molecule has 0 fully saturated rings. The number of benzene rings is 2. The van der Waals surface area contributed by atoms with E-state index in [1.165, 1.54) is 30.3 Å². The quantitative estimate of drug-likeness (QED) is 0.839. The van der Waals surface area contributed by atoms with Gasteiger partial charge in [0.05, 0.1) is 29.8 Å². The molecule has 0 heterocycles. The SMILES string of the molecule is Cc1ccc(S(=O)(=O)N(CC(O)CO)c2ccccc2F)cc1. The lowest BCUT2D eigenvalue weighted by molar-refractivity contribution is 0.102. The zero-order chi connectivity index (χ0) is 17.0. The molecule has 7 heteroatoms. The second-order valence-electron chi connectivity index (χ2n) is 5.14. The normalized spacial score (nSPS) is 12.9. The van der Waals surface area contributed by atoms with Crippen LogP contribution in [0.5, 0.6) is 0 Å². The highest BCUT2D eigenvalue weighted by atomic mass is 32.2. The van der Waals surface area contributed by atoms with Crippen molar-refractivity contribution >= 4 is 15.7 Å². The molecule has 2 N–H and O–H groups in total. The van der Waals surface area contributed by atoms with E-state index in [-0.39, 0.29) is 10.6 Å². The molecule has 0 bridgehead atoms. The Kier molecular flexibility index (Phi) is 5.35. The summed E-state index contributed by atoms with van der Waals surface area (Å²) in [5.74, 6) is -0.728. The van der Waals surface area contributed by atoms with E-state index >= 15 is 0 Å². The number of para-hydroxylation sites is 1. The zero-order valence-electron chi connectivity index (χ0n) is 12.6. The van der Waals surface area contributed by atoms with Crippen LogP contribution in [-0.2, 0) is 10.0 Å². The van der Waals surface area contributed by atoms with Crippen LogP contribution in [0.3, 0.4) is 0 Å². The van der Waals surface area contributed by atoms with Crippen LogP contribution in [0.1, 0.15) is 5.56 Å². The summed E-state index contributed by atoms with van der Waals surface area (Å²) in [6, 6.07) is 11.5. The number of hydrogen-bond acceptors (Lipinski definition) is 4. The number of nitrogens with zero attached hydrogens (tertiary/aromatic N) is 1. The van der Waals surface area contributed by atoms with Crippen LogP contribution in [0.4, 0.5) is 10.1 Å². The minimum absolute atomic E-state index is 0.0171. The Bertz CT molecular complexity index is 762. The van der Waals surface area contributed by atoms with Crippen molar-refractivity contribution in [3.63, 3.8) is 0 Å². The second kappa shape index (κ2) is 7.08.